The Morgan fingerprint density at radius 2 is 2.11 bits per heavy atom. The van der Waals surface area contributed by atoms with Crippen LogP contribution in [0.4, 0.5) is 5.69 Å². The molecule has 1 fully saturated rings. The Labute approximate surface area is 169 Å². The largest absolute Gasteiger partial charge is 0.495 e. The minimum absolute atomic E-state index is 0.0601. The maximum absolute atomic E-state index is 13.1. The van der Waals surface area contributed by atoms with Gasteiger partial charge in [0.05, 0.1) is 30.8 Å². The van der Waals surface area contributed by atoms with E-state index in [1.807, 2.05) is 0 Å². The molecule has 1 N–H and O–H groups in total. The number of benzene rings is 1. The molecule has 1 aromatic carbocycles. The molecule has 1 unspecified atom stereocenters. The van der Waals surface area contributed by atoms with Crippen molar-refractivity contribution >= 4 is 33.2 Å². The number of halogens is 1. The number of carbonyl (C=O) groups is 1. The summed E-state index contributed by atoms with van der Waals surface area (Å²) < 4.78 is 33.5. The van der Waals surface area contributed by atoms with E-state index in [0.29, 0.717) is 29.8 Å². The number of carbonyl (C=O) groups excluding carboxylic acids is 1. The van der Waals surface area contributed by atoms with E-state index < -0.39 is 10.0 Å². The van der Waals surface area contributed by atoms with Crippen LogP contribution in [0.5, 0.6) is 5.75 Å². The number of aromatic nitrogens is 1. The molecule has 2 heterocycles. The van der Waals surface area contributed by atoms with Gasteiger partial charge in [-0.15, -0.1) is 0 Å². The first kappa shape index (κ1) is 20.4. The molecule has 1 aromatic heterocycles. The molecule has 0 bridgehead atoms. The summed E-state index contributed by atoms with van der Waals surface area (Å²) in [6.07, 6.45) is 4.77. The van der Waals surface area contributed by atoms with E-state index in [1.165, 1.54) is 43.8 Å². The van der Waals surface area contributed by atoms with Gasteiger partial charge >= 0.3 is 0 Å². The Hall–Kier alpha value is -2.32. The molecule has 0 saturated carbocycles. The number of hydrogen-bond donors (Lipinski definition) is 1. The predicted octanol–water partition coefficient (Wildman–Crippen LogP) is 3.42. The number of nitrogens with zero attached hydrogens (tertiary/aromatic N) is 2. The van der Waals surface area contributed by atoms with Crippen LogP contribution in [0.15, 0.2) is 41.6 Å². The van der Waals surface area contributed by atoms with E-state index in [1.54, 1.807) is 4.90 Å². The van der Waals surface area contributed by atoms with Gasteiger partial charge in [0.25, 0.3) is 15.9 Å². The molecule has 0 radical (unpaired) electrons. The zero-order valence-corrected chi connectivity index (χ0v) is 17.3. The van der Waals surface area contributed by atoms with E-state index in [2.05, 4.69) is 16.6 Å². The normalized spacial score (nSPS) is 17.2. The number of amides is 1. The fourth-order valence-corrected chi connectivity index (χ4v) is 4.63. The minimum atomic E-state index is -4.03. The van der Waals surface area contributed by atoms with Crippen LogP contribution >= 0.6 is 11.6 Å². The third-order valence-electron chi connectivity index (χ3n) is 4.61. The van der Waals surface area contributed by atoms with Crippen LogP contribution in [0.2, 0.25) is 5.02 Å². The summed E-state index contributed by atoms with van der Waals surface area (Å²) in [5.41, 5.74) is 0.296. The van der Waals surface area contributed by atoms with Crippen LogP contribution in [0.25, 0.3) is 0 Å². The first-order valence-corrected chi connectivity index (χ1v) is 10.8. The van der Waals surface area contributed by atoms with E-state index in [9.17, 15) is 13.2 Å². The molecule has 0 aliphatic carbocycles. The third kappa shape index (κ3) is 4.56. The maximum Gasteiger partial charge on any atom is 0.262 e. The highest BCUT2D eigenvalue weighted by molar-refractivity contribution is 7.92. The van der Waals surface area contributed by atoms with Gasteiger partial charge in [0.2, 0.25) is 0 Å². The molecule has 150 valence electrons. The number of anilines is 1. The average molecular weight is 424 g/mol. The molecule has 0 spiro atoms. The molecule has 1 amide bonds. The van der Waals surface area contributed by atoms with Crippen LogP contribution in [-0.4, -0.2) is 44.4 Å². The average Bonchev–Trinajstić information content (AvgIpc) is 2.67. The smallest absolute Gasteiger partial charge is 0.262 e. The van der Waals surface area contributed by atoms with E-state index in [4.69, 9.17) is 16.3 Å². The second-order valence-corrected chi connectivity index (χ2v) is 8.95. The standard InChI is InChI=1S/C19H22ClN3O4S/c1-13-4-3-7-23(12-13)19(24)17-8-14(20)5-6-18(17)28(25,26)22-15-9-16(27-2)11-21-10-15/h5-6,8-11,13,22H,3-4,7,12H2,1-2H3. The number of nitrogens with one attached hydrogen (secondary N) is 1. The molecule has 28 heavy (non-hydrogen) atoms. The Balaban J connectivity index is 1.95. The van der Waals surface area contributed by atoms with Gasteiger partial charge in [-0.2, -0.15) is 0 Å². The number of hydrogen-bond acceptors (Lipinski definition) is 5. The van der Waals surface area contributed by atoms with Crippen LogP contribution in [0.1, 0.15) is 30.1 Å². The monoisotopic (exact) mass is 423 g/mol. The Bertz CT molecular complexity index is 981. The minimum Gasteiger partial charge on any atom is -0.495 e. The number of piperidine rings is 1. The summed E-state index contributed by atoms with van der Waals surface area (Å²) in [5, 5.41) is 0.301. The van der Waals surface area contributed by atoms with Gasteiger partial charge in [-0.1, -0.05) is 18.5 Å². The van der Waals surface area contributed by atoms with Crippen molar-refractivity contribution in [1.29, 1.82) is 0 Å². The summed E-state index contributed by atoms with van der Waals surface area (Å²) >= 11 is 6.07. The first-order valence-electron chi connectivity index (χ1n) is 8.91. The predicted molar refractivity (Wildman–Crippen MR) is 107 cm³/mol. The molecule has 1 aliphatic heterocycles. The highest BCUT2D eigenvalue weighted by Crippen LogP contribution is 2.27. The van der Waals surface area contributed by atoms with Crippen molar-refractivity contribution in [2.24, 2.45) is 5.92 Å². The number of rotatable bonds is 5. The van der Waals surface area contributed by atoms with Crippen molar-refractivity contribution in [3.8, 4) is 5.75 Å². The lowest BCUT2D eigenvalue weighted by Crippen LogP contribution is -2.39. The zero-order valence-electron chi connectivity index (χ0n) is 15.7. The molecular formula is C19H22ClN3O4S. The SMILES string of the molecule is COc1cncc(NS(=O)(=O)c2ccc(Cl)cc2C(=O)N2CCCC(C)C2)c1. The van der Waals surface area contributed by atoms with Gasteiger partial charge in [-0.3, -0.25) is 14.5 Å². The van der Waals surface area contributed by atoms with E-state index in [0.717, 1.165) is 12.8 Å². The van der Waals surface area contributed by atoms with Crippen molar-refractivity contribution < 1.29 is 17.9 Å². The van der Waals surface area contributed by atoms with Crippen LogP contribution < -0.4 is 9.46 Å². The maximum atomic E-state index is 13.1. The fourth-order valence-electron chi connectivity index (χ4n) is 3.24. The van der Waals surface area contributed by atoms with Gasteiger partial charge < -0.3 is 9.64 Å². The molecule has 1 atom stereocenters. The number of methoxy groups -OCH3 is 1. The van der Waals surface area contributed by atoms with Crippen LogP contribution in [-0.2, 0) is 10.0 Å². The summed E-state index contributed by atoms with van der Waals surface area (Å²) in [6, 6.07) is 5.71. The van der Waals surface area contributed by atoms with Crippen molar-refractivity contribution in [1.82, 2.24) is 9.88 Å². The molecule has 9 heteroatoms. The second kappa shape index (κ2) is 8.36. The summed E-state index contributed by atoms with van der Waals surface area (Å²) in [6.45, 7) is 3.27. The number of pyridine rings is 1. The highest BCUT2D eigenvalue weighted by Gasteiger charge is 2.28. The van der Waals surface area contributed by atoms with Crippen LogP contribution in [0.3, 0.4) is 0 Å². The molecule has 3 rings (SSSR count). The number of ether oxygens (including phenoxy) is 1. The highest BCUT2D eigenvalue weighted by atomic mass is 35.5. The summed E-state index contributed by atoms with van der Waals surface area (Å²) in [7, 11) is -2.57. The quantitative estimate of drug-likeness (QED) is 0.795. The molecule has 1 saturated heterocycles. The van der Waals surface area contributed by atoms with Gasteiger partial charge in [0.15, 0.2) is 0 Å². The van der Waals surface area contributed by atoms with E-state index in [-0.39, 0.29) is 22.1 Å². The molecule has 1 aliphatic rings. The first-order chi connectivity index (χ1) is 13.3. The van der Waals surface area contributed by atoms with Crippen molar-refractivity contribution in [3.63, 3.8) is 0 Å². The Morgan fingerprint density at radius 3 is 2.82 bits per heavy atom. The molecule has 7 nitrogen and oxygen atoms in total. The van der Waals surface area contributed by atoms with Gasteiger partial charge in [-0.05, 0) is 37.0 Å². The van der Waals surface area contributed by atoms with Gasteiger partial charge in [0, 0.05) is 24.2 Å². The second-order valence-electron chi connectivity index (χ2n) is 6.86. The Kier molecular flexibility index (Phi) is 6.10. The lowest BCUT2D eigenvalue weighted by Gasteiger charge is -2.31. The summed E-state index contributed by atoms with van der Waals surface area (Å²) in [4.78, 5) is 18.6. The topological polar surface area (TPSA) is 88.6 Å². The van der Waals surface area contributed by atoms with Crippen molar-refractivity contribution in [2.45, 2.75) is 24.7 Å². The lowest BCUT2D eigenvalue weighted by atomic mass is 9.99. The lowest BCUT2D eigenvalue weighted by molar-refractivity contribution is 0.0679. The third-order valence-corrected chi connectivity index (χ3v) is 6.28. The van der Waals surface area contributed by atoms with Crippen molar-refractivity contribution in [2.75, 3.05) is 24.9 Å². The van der Waals surface area contributed by atoms with Gasteiger partial charge in [0.1, 0.15) is 10.6 Å². The number of sulfonamides is 1. The van der Waals surface area contributed by atoms with E-state index >= 15 is 0 Å². The number of likely N-dealkylation sites (tertiary alicyclic amines) is 1. The summed E-state index contributed by atoms with van der Waals surface area (Å²) in [5.74, 6) is 0.450. The van der Waals surface area contributed by atoms with Crippen LogP contribution in [0, 0.1) is 5.92 Å². The molecule has 2 aromatic rings. The van der Waals surface area contributed by atoms with Crippen molar-refractivity contribution in [3.05, 3.63) is 47.2 Å². The van der Waals surface area contributed by atoms with Gasteiger partial charge in [-0.25, -0.2) is 8.42 Å². The fraction of sp³-hybridized carbons (Fsp3) is 0.368. The Morgan fingerprint density at radius 1 is 1.32 bits per heavy atom. The molecular weight excluding hydrogens is 402 g/mol. The zero-order chi connectivity index (χ0) is 20.3.